The first-order valence-electron chi connectivity index (χ1n) is 9.02. The number of hydrogen-bond acceptors (Lipinski definition) is 3. The summed E-state index contributed by atoms with van der Waals surface area (Å²) in [5.41, 5.74) is 2.50. The maximum Gasteiger partial charge on any atom is 0.268 e. The Morgan fingerprint density at radius 3 is 2.85 bits per heavy atom. The first kappa shape index (κ1) is 17.2. The Morgan fingerprint density at radius 1 is 1.19 bits per heavy atom. The molecule has 0 radical (unpaired) electrons. The molecule has 0 atom stereocenters. The fourth-order valence-corrected chi connectivity index (χ4v) is 4.40. The normalized spacial score (nSPS) is 15.0. The van der Waals surface area contributed by atoms with Crippen molar-refractivity contribution in [1.82, 2.24) is 14.8 Å². The summed E-state index contributed by atoms with van der Waals surface area (Å²) >= 11 is 1.61. The Kier molecular flexibility index (Phi) is 5.04. The molecule has 6 heteroatoms. The lowest BCUT2D eigenvalue weighted by Crippen LogP contribution is -2.34. The number of halogens is 1. The van der Waals surface area contributed by atoms with Crippen LogP contribution in [0.15, 0.2) is 41.8 Å². The molecule has 1 N–H and O–H groups in total. The highest BCUT2D eigenvalue weighted by atomic mass is 32.1. The van der Waals surface area contributed by atoms with E-state index in [0.717, 1.165) is 35.4 Å². The molecule has 1 aliphatic rings. The van der Waals surface area contributed by atoms with Gasteiger partial charge in [0, 0.05) is 19.6 Å². The van der Waals surface area contributed by atoms with Gasteiger partial charge in [-0.25, -0.2) is 4.39 Å². The van der Waals surface area contributed by atoms with E-state index in [0.29, 0.717) is 18.8 Å². The molecule has 1 saturated heterocycles. The zero-order valence-electron chi connectivity index (χ0n) is 14.6. The minimum atomic E-state index is -0.257. The molecule has 1 fully saturated rings. The molecule has 0 aliphatic carbocycles. The van der Waals surface area contributed by atoms with Crippen LogP contribution in [-0.4, -0.2) is 41.6 Å². The topological polar surface area (TPSA) is 37.3 Å². The third-order valence-electron chi connectivity index (χ3n) is 4.90. The fourth-order valence-electron chi connectivity index (χ4n) is 3.58. The van der Waals surface area contributed by atoms with Crippen molar-refractivity contribution in [2.75, 3.05) is 26.2 Å². The summed E-state index contributed by atoms with van der Waals surface area (Å²) in [5, 5.41) is 5.06. The minimum Gasteiger partial charge on any atom is -0.349 e. The fraction of sp³-hybridized carbons (Fsp3) is 0.350. The van der Waals surface area contributed by atoms with E-state index in [4.69, 9.17) is 0 Å². The number of carbonyl (C=O) groups excluding carboxylic acids is 1. The monoisotopic (exact) mass is 371 g/mol. The largest absolute Gasteiger partial charge is 0.349 e. The number of nitrogens with one attached hydrogen (secondary N) is 1. The number of thiophene rings is 1. The number of likely N-dealkylation sites (tertiary alicyclic amines) is 1. The van der Waals surface area contributed by atoms with E-state index in [9.17, 15) is 9.18 Å². The van der Waals surface area contributed by atoms with Gasteiger partial charge >= 0.3 is 0 Å². The molecule has 1 aromatic carbocycles. The molecule has 26 heavy (non-hydrogen) atoms. The second-order valence-electron chi connectivity index (χ2n) is 6.72. The minimum absolute atomic E-state index is 0.0657. The molecular formula is C20H22FN3OS. The highest BCUT2D eigenvalue weighted by Gasteiger charge is 2.17. The Hall–Kier alpha value is -2.18. The van der Waals surface area contributed by atoms with Gasteiger partial charge in [-0.05, 0) is 61.1 Å². The first-order valence-corrected chi connectivity index (χ1v) is 9.90. The zero-order valence-corrected chi connectivity index (χ0v) is 15.4. The van der Waals surface area contributed by atoms with Gasteiger partial charge < -0.3 is 14.8 Å². The summed E-state index contributed by atoms with van der Waals surface area (Å²) in [4.78, 5) is 15.1. The number of carbonyl (C=O) groups is 1. The Bertz CT molecular complexity index is 911. The van der Waals surface area contributed by atoms with Crippen molar-refractivity contribution in [2.24, 2.45) is 0 Å². The van der Waals surface area contributed by atoms with Crippen molar-refractivity contribution in [3.05, 3.63) is 58.9 Å². The van der Waals surface area contributed by atoms with Crippen molar-refractivity contribution in [3.63, 3.8) is 0 Å². The Labute approximate surface area is 156 Å². The van der Waals surface area contributed by atoms with Crippen LogP contribution in [0.2, 0.25) is 0 Å². The van der Waals surface area contributed by atoms with E-state index in [1.54, 1.807) is 17.4 Å². The SMILES string of the molecule is O=C(NCCN1CCCC1)c1cc2sccc2n1Cc1cccc(F)c1. The van der Waals surface area contributed by atoms with Crippen LogP contribution < -0.4 is 5.32 Å². The Balaban J connectivity index is 1.52. The summed E-state index contributed by atoms with van der Waals surface area (Å²) in [7, 11) is 0. The number of nitrogens with zero attached hydrogens (tertiary/aromatic N) is 2. The quantitative estimate of drug-likeness (QED) is 0.717. The lowest BCUT2D eigenvalue weighted by atomic mass is 10.2. The average Bonchev–Trinajstić information content (AvgIpc) is 3.34. The number of amides is 1. The van der Waals surface area contributed by atoms with E-state index in [1.165, 1.54) is 25.0 Å². The van der Waals surface area contributed by atoms with Crippen LogP contribution in [0.4, 0.5) is 4.39 Å². The predicted octanol–water partition coefficient (Wildman–Crippen LogP) is 3.72. The molecule has 3 aromatic rings. The molecule has 0 saturated carbocycles. The van der Waals surface area contributed by atoms with Gasteiger partial charge in [-0.1, -0.05) is 12.1 Å². The predicted molar refractivity (Wildman–Crippen MR) is 103 cm³/mol. The highest BCUT2D eigenvalue weighted by Crippen LogP contribution is 2.26. The summed E-state index contributed by atoms with van der Waals surface area (Å²) in [6, 6.07) is 10.5. The molecule has 0 spiro atoms. The van der Waals surface area contributed by atoms with E-state index < -0.39 is 0 Å². The number of hydrogen-bond donors (Lipinski definition) is 1. The lowest BCUT2D eigenvalue weighted by Gasteiger charge is -2.15. The van der Waals surface area contributed by atoms with Crippen LogP contribution in [0.1, 0.15) is 28.9 Å². The van der Waals surface area contributed by atoms with Crippen molar-refractivity contribution in [2.45, 2.75) is 19.4 Å². The van der Waals surface area contributed by atoms with E-state index in [-0.39, 0.29) is 11.7 Å². The molecule has 4 nitrogen and oxygen atoms in total. The lowest BCUT2D eigenvalue weighted by molar-refractivity contribution is 0.0941. The molecule has 3 heterocycles. The van der Waals surface area contributed by atoms with E-state index in [1.807, 2.05) is 28.1 Å². The maximum atomic E-state index is 13.5. The van der Waals surface area contributed by atoms with Gasteiger partial charge in [0.15, 0.2) is 0 Å². The van der Waals surface area contributed by atoms with Crippen LogP contribution in [0, 0.1) is 5.82 Å². The second-order valence-corrected chi connectivity index (χ2v) is 7.67. The van der Waals surface area contributed by atoms with Crippen molar-refractivity contribution < 1.29 is 9.18 Å². The van der Waals surface area contributed by atoms with Gasteiger partial charge in [-0.3, -0.25) is 4.79 Å². The van der Waals surface area contributed by atoms with Crippen molar-refractivity contribution in [3.8, 4) is 0 Å². The molecule has 1 aliphatic heterocycles. The smallest absolute Gasteiger partial charge is 0.268 e. The zero-order chi connectivity index (χ0) is 17.9. The Morgan fingerprint density at radius 2 is 2.04 bits per heavy atom. The van der Waals surface area contributed by atoms with Gasteiger partial charge in [0.05, 0.1) is 10.2 Å². The highest BCUT2D eigenvalue weighted by molar-refractivity contribution is 7.17. The van der Waals surface area contributed by atoms with Crippen LogP contribution in [-0.2, 0) is 6.54 Å². The molecule has 0 bridgehead atoms. The average molecular weight is 371 g/mol. The summed E-state index contributed by atoms with van der Waals surface area (Å²) < 4.78 is 16.6. The molecule has 0 unspecified atom stereocenters. The molecule has 2 aromatic heterocycles. The summed E-state index contributed by atoms with van der Waals surface area (Å²) in [5.74, 6) is -0.322. The van der Waals surface area contributed by atoms with Crippen molar-refractivity contribution >= 4 is 27.5 Å². The van der Waals surface area contributed by atoms with Gasteiger partial charge in [-0.15, -0.1) is 11.3 Å². The first-order chi connectivity index (χ1) is 12.7. The number of aromatic nitrogens is 1. The van der Waals surface area contributed by atoms with E-state index >= 15 is 0 Å². The third-order valence-corrected chi connectivity index (χ3v) is 5.75. The number of benzene rings is 1. The van der Waals surface area contributed by atoms with Crippen LogP contribution in [0.5, 0.6) is 0 Å². The van der Waals surface area contributed by atoms with Crippen LogP contribution in [0.25, 0.3) is 10.2 Å². The number of rotatable bonds is 6. The summed E-state index contributed by atoms with van der Waals surface area (Å²) in [6.07, 6.45) is 2.50. The molecule has 1 amide bonds. The molecule has 4 rings (SSSR count). The molecule has 136 valence electrons. The van der Waals surface area contributed by atoms with Gasteiger partial charge in [0.25, 0.3) is 5.91 Å². The van der Waals surface area contributed by atoms with Crippen LogP contribution in [0.3, 0.4) is 0 Å². The van der Waals surface area contributed by atoms with Crippen molar-refractivity contribution in [1.29, 1.82) is 0 Å². The maximum absolute atomic E-state index is 13.5. The van der Waals surface area contributed by atoms with Gasteiger partial charge in [-0.2, -0.15) is 0 Å². The standard InChI is InChI=1S/C20H22FN3OS/c21-16-5-3-4-15(12-16)14-24-17-6-11-26-19(17)13-18(24)20(25)22-7-10-23-8-1-2-9-23/h3-6,11-13H,1-2,7-10,14H2,(H,22,25). The van der Waals surface area contributed by atoms with Gasteiger partial charge in [0.2, 0.25) is 0 Å². The van der Waals surface area contributed by atoms with Gasteiger partial charge in [0.1, 0.15) is 11.5 Å². The number of fused-ring (bicyclic) bond motifs is 1. The third kappa shape index (κ3) is 3.66. The summed E-state index contributed by atoms with van der Waals surface area (Å²) in [6.45, 7) is 4.28. The second kappa shape index (κ2) is 7.60. The van der Waals surface area contributed by atoms with E-state index in [2.05, 4.69) is 10.2 Å². The van der Waals surface area contributed by atoms with Crippen LogP contribution >= 0.6 is 11.3 Å². The molecular weight excluding hydrogens is 349 g/mol.